The lowest BCUT2D eigenvalue weighted by atomic mass is 9.91. The molecule has 0 heterocycles. The highest BCUT2D eigenvalue weighted by Gasteiger charge is 2.30. The van der Waals surface area contributed by atoms with Crippen molar-refractivity contribution in [2.75, 3.05) is 10.9 Å². The van der Waals surface area contributed by atoms with E-state index in [0.29, 0.717) is 19.3 Å². The molecule has 1 aliphatic rings. The van der Waals surface area contributed by atoms with Crippen molar-refractivity contribution in [3.05, 3.63) is 41.7 Å². The number of para-hydroxylation sites is 1. The maximum Gasteiger partial charge on any atom is 0.293 e. The Bertz CT molecular complexity index is 578. The Morgan fingerprint density at radius 1 is 1.45 bits per heavy atom. The van der Waals surface area contributed by atoms with Crippen LogP contribution in [0.5, 0.6) is 0 Å². The number of carbonyl (C=O) groups excluding carboxylic acids is 1. The van der Waals surface area contributed by atoms with Crippen LogP contribution < -0.4 is 4.31 Å². The number of halogens is 1. The molecule has 2 atom stereocenters. The molecule has 0 spiro atoms. The summed E-state index contributed by atoms with van der Waals surface area (Å²) in [5, 5.41) is 0. The summed E-state index contributed by atoms with van der Waals surface area (Å²) in [7, 11) is 0. The lowest BCUT2D eigenvalue weighted by Gasteiger charge is -2.34. The van der Waals surface area contributed by atoms with Crippen LogP contribution in [0.2, 0.25) is 0 Å². The Morgan fingerprint density at radius 3 is 2.91 bits per heavy atom. The quantitative estimate of drug-likeness (QED) is 0.362. The van der Waals surface area contributed by atoms with E-state index in [1.807, 2.05) is 6.08 Å². The summed E-state index contributed by atoms with van der Waals surface area (Å²) in [5.74, 6) is -0.543. The lowest BCUT2D eigenvalue weighted by Crippen LogP contribution is -2.40. The van der Waals surface area contributed by atoms with E-state index in [4.69, 9.17) is 4.74 Å². The molecule has 0 amide bonds. The summed E-state index contributed by atoms with van der Waals surface area (Å²) in [6.07, 6.45) is 4.79. The van der Waals surface area contributed by atoms with Crippen LogP contribution in [-0.2, 0) is 20.8 Å². The zero-order chi connectivity index (χ0) is 15.9. The molecule has 2 unspecified atom stereocenters. The number of hydrogen-bond acceptors (Lipinski definition) is 3. The number of nitrogens with zero attached hydrogens (tertiary/aromatic N) is 1. The number of benzene rings is 1. The fourth-order valence-corrected chi connectivity index (χ4v) is 3.45. The minimum Gasteiger partial charge on any atom is -0.468 e. The number of rotatable bonds is 7. The van der Waals surface area contributed by atoms with Gasteiger partial charge in [-0.15, -0.1) is 0 Å². The van der Waals surface area contributed by atoms with Crippen molar-refractivity contribution < 1.29 is 22.7 Å². The molecular formula is C15H18FNO4S. The van der Waals surface area contributed by atoms with Crippen molar-refractivity contribution in [2.24, 2.45) is 0 Å². The van der Waals surface area contributed by atoms with Gasteiger partial charge < -0.3 is 4.74 Å². The number of ether oxygens (including phenoxy) is 1. The van der Waals surface area contributed by atoms with Gasteiger partial charge in [-0.2, -0.15) is 0 Å². The maximum atomic E-state index is 14.0. The SMILES string of the molecule is O=COCCC1=CCCCC1N(c1ccccc1F)S(=O)O. The average Bonchev–Trinajstić information content (AvgIpc) is 2.51. The minimum absolute atomic E-state index is 0.0949. The third kappa shape index (κ3) is 3.92. The summed E-state index contributed by atoms with van der Waals surface area (Å²) in [6.45, 7) is 0.576. The molecule has 5 nitrogen and oxygen atoms in total. The number of allylic oxidation sites excluding steroid dienone is 1. The fraction of sp³-hybridized carbons (Fsp3) is 0.400. The Labute approximate surface area is 131 Å². The van der Waals surface area contributed by atoms with E-state index >= 15 is 0 Å². The van der Waals surface area contributed by atoms with E-state index in [2.05, 4.69) is 0 Å². The normalized spacial score (nSPS) is 19.2. The van der Waals surface area contributed by atoms with Gasteiger partial charge in [0.05, 0.1) is 18.3 Å². The van der Waals surface area contributed by atoms with Gasteiger partial charge in [-0.3, -0.25) is 13.7 Å². The van der Waals surface area contributed by atoms with Crippen molar-refractivity contribution in [2.45, 2.75) is 31.7 Å². The Hall–Kier alpha value is -1.73. The molecule has 2 rings (SSSR count). The van der Waals surface area contributed by atoms with Gasteiger partial charge >= 0.3 is 0 Å². The summed E-state index contributed by atoms with van der Waals surface area (Å²) in [5.41, 5.74) is 0.983. The highest BCUT2D eigenvalue weighted by Crippen LogP contribution is 2.32. The van der Waals surface area contributed by atoms with Gasteiger partial charge in [0.2, 0.25) is 0 Å². The van der Waals surface area contributed by atoms with E-state index in [1.165, 1.54) is 22.5 Å². The third-order valence-electron chi connectivity index (χ3n) is 3.63. The molecule has 22 heavy (non-hydrogen) atoms. The Balaban J connectivity index is 2.28. The number of anilines is 1. The van der Waals surface area contributed by atoms with Crippen LogP contribution in [-0.4, -0.2) is 27.9 Å². The predicted molar refractivity (Wildman–Crippen MR) is 82.0 cm³/mol. The maximum absolute atomic E-state index is 14.0. The van der Waals surface area contributed by atoms with Crippen LogP contribution in [0.15, 0.2) is 35.9 Å². The third-order valence-corrected chi connectivity index (χ3v) is 4.42. The molecule has 7 heteroatoms. The minimum atomic E-state index is -2.35. The molecule has 0 aliphatic heterocycles. The van der Waals surface area contributed by atoms with Crippen molar-refractivity contribution in [3.63, 3.8) is 0 Å². The molecule has 0 saturated carbocycles. The number of hydrogen-bond donors (Lipinski definition) is 1. The molecule has 0 radical (unpaired) electrons. The molecule has 120 valence electrons. The first-order valence-electron chi connectivity index (χ1n) is 7.04. The van der Waals surface area contributed by atoms with E-state index in [1.54, 1.807) is 6.07 Å². The topological polar surface area (TPSA) is 66.8 Å². The van der Waals surface area contributed by atoms with Crippen molar-refractivity contribution in [3.8, 4) is 0 Å². The standard InChI is InChI=1S/C15H18FNO4S/c16-13-6-2-4-8-15(13)17(22(19)20)14-7-3-1-5-12(14)9-10-21-11-18/h2,4-6,8,11,14H,1,3,7,9-10H2,(H,19,20). The van der Waals surface area contributed by atoms with Crippen LogP contribution in [0.25, 0.3) is 0 Å². The second-order valence-electron chi connectivity index (χ2n) is 4.95. The highest BCUT2D eigenvalue weighted by molar-refractivity contribution is 7.80. The molecule has 1 N–H and O–H groups in total. The van der Waals surface area contributed by atoms with Crippen LogP contribution >= 0.6 is 0 Å². The van der Waals surface area contributed by atoms with E-state index in [0.717, 1.165) is 18.4 Å². The lowest BCUT2D eigenvalue weighted by molar-refractivity contribution is -0.128. The van der Waals surface area contributed by atoms with Crippen LogP contribution in [0.3, 0.4) is 0 Å². The summed E-state index contributed by atoms with van der Waals surface area (Å²) in [6, 6.07) is 5.52. The van der Waals surface area contributed by atoms with Gasteiger partial charge in [0, 0.05) is 6.42 Å². The molecule has 0 saturated heterocycles. The van der Waals surface area contributed by atoms with Gasteiger partial charge in [-0.05, 0) is 37.0 Å². The smallest absolute Gasteiger partial charge is 0.293 e. The molecule has 1 aliphatic carbocycles. The zero-order valence-corrected chi connectivity index (χ0v) is 12.8. The monoisotopic (exact) mass is 327 g/mol. The zero-order valence-electron chi connectivity index (χ0n) is 12.0. The van der Waals surface area contributed by atoms with E-state index in [-0.39, 0.29) is 18.3 Å². The second-order valence-corrected chi connectivity index (χ2v) is 5.81. The molecule has 0 fully saturated rings. The Morgan fingerprint density at radius 2 is 2.23 bits per heavy atom. The Kier molecular flexibility index (Phi) is 6.09. The summed E-state index contributed by atoms with van der Waals surface area (Å²) >= 11 is -2.35. The molecule has 1 aromatic rings. The molecule has 1 aromatic carbocycles. The van der Waals surface area contributed by atoms with Gasteiger partial charge in [-0.25, -0.2) is 8.60 Å². The first-order valence-corrected chi connectivity index (χ1v) is 8.10. The highest BCUT2D eigenvalue weighted by atomic mass is 32.2. The van der Waals surface area contributed by atoms with Crippen molar-refractivity contribution in [1.82, 2.24) is 0 Å². The van der Waals surface area contributed by atoms with Gasteiger partial charge in [0.25, 0.3) is 17.7 Å². The van der Waals surface area contributed by atoms with Gasteiger partial charge in [-0.1, -0.05) is 18.2 Å². The van der Waals surface area contributed by atoms with Crippen LogP contribution in [0.4, 0.5) is 10.1 Å². The van der Waals surface area contributed by atoms with Gasteiger partial charge in [0.15, 0.2) is 0 Å². The fourth-order valence-electron chi connectivity index (χ4n) is 2.67. The van der Waals surface area contributed by atoms with Crippen LogP contribution in [0.1, 0.15) is 25.7 Å². The van der Waals surface area contributed by atoms with Crippen molar-refractivity contribution >= 4 is 23.4 Å². The summed E-state index contributed by atoms with van der Waals surface area (Å²) < 4.78 is 41.3. The second kappa shape index (κ2) is 8.05. The first-order chi connectivity index (χ1) is 10.6. The molecule has 0 aromatic heterocycles. The van der Waals surface area contributed by atoms with E-state index < -0.39 is 17.1 Å². The molecule has 0 bridgehead atoms. The predicted octanol–water partition coefficient (Wildman–Crippen LogP) is 2.81. The van der Waals surface area contributed by atoms with E-state index in [9.17, 15) is 17.9 Å². The van der Waals surface area contributed by atoms with Crippen molar-refractivity contribution in [1.29, 1.82) is 0 Å². The average molecular weight is 327 g/mol. The van der Waals surface area contributed by atoms with Gasteiger partial charge in [0.1, 0.15) is 5.82 Å². The largest absolute Gasteiger partial charge is 0.468 e. The molecular weight excluding hydrogens is 309 g/mol. The first kappa shape index (κ1) is 16.6. The van der Waals surface area contributed by atoms with Crippen LogP contribution in [0, 0.1) is 5.82 Å². The number of carbonyl (C=O) groups is 1. The summed E-state index contributed by atoms with van der Waals surface area (Å²) in [4.78, 5) is 10.2.